The number of nitrogens with zero attached hydrogens (tertiary/aromatic N) is 6. The Hall–Kier alpha value is -3.94. The molecule has 0 saturated heterocycles. The maximum absolute atomic E-state index is 13.7. The number of amides is 1. The highest BCUT2D eigenvalue weighted by Crippen LogP contribution is 2.39. The number of hydrogen-bond donors (Lipinski definition) is 1. The van der Waals surface area contributed by atoms with E-state index in [-0.39, 0.29) is 53.2 Å². The van der Waals surface area contributed by atoms with Crippen LogP contribution in [-0.2, 0) is 0 Å². The van der Waals surface area contributed by atoms with Gasteiger partial charge in [-0.15, -0.1) is 0 Å². The van der Waals surface area contributed by atoms with Crippen LogP contribution in [0.1, 0.15) is 41.4 Å². The van der Waals surface area contributed by atoms with E-state index >= 15 is 0 Å². The first-order valence-corrected chi connectivity index (χ1v) is 11.3. The van der Waals surface area contributed by atoms with Crippen molar-refractivity contribution in [2.24, 2.45) is 0 Å². The number of carbonyl (C=O) groups is 1. The normalized spacial score (nSPS) is 15.9. The summed E-state index contributed by atoms with van der Waals surface area (Å²) >= 11 is 0.706. The van der Waals surface area contributed by atoms with Crippen molar-refractivity contribution in [3.8, 4) is 11.4 Å². The molecule has 1 N–H and O–H groups in total. The van der Waals surface area contributed by atoms with E-state index in [0.717, 1.165) is 6.07 Å². The number of fused-ring (bicyclic) bond motifs is 1. The molecular weight excluding hydrogens is 487 g/mol. The monoisotopic (exact) mass is 503 g/mol. The molecule has 0 aromatic carbocycles. The molecule has 35 heavy (non-hydrogen) atoms. The second kappa shape index (κ2) is 8.69. The van der Waals surface area contributed by atoms with Crippen molar-refractivity contribution in [1.82, 2.24) is 24.7 Å². The van der Waals surface area contributed by atoms with Gasteiger partial charge in [0.2, 0.25) is 11.9 Å². The van der Waals surface area contributed by atoms with Gasteiger partial charge in [0.1, 0.15) is 5.82 Å². The molecule has 14 heteroatoms. The van der Waals surface area contributed by atoms with E-state index < -0.39 is 22.7 Å². The number of aromatic nitrogens is 5. The lowest BCUT2D eigenvalue weighted by Crippen LogP contribution is -2.27. The summed E-state index contributed by atoms with van der Waals surface area (Å²) < 4.78 is 42.3. The van der Waals surface area contributed by atoms with E-state index in [0.29, 0.717) is 27.9 Å². The van der Waals surface area contributed by atoms with Crippen LogP contribution in [0.5, 0.6) is 0 Å². The molecule has 5 rings (SSSR count). The average Bonchev–Trinajstić information content (AvgIpc) is 3.48. The number of pyridine rings is 1. The van der Waals surface area contributed by atoms with Crippen molar-refractivity contribution in [1.29, 1.82) is 0 Å². The van der Waals surface area contributed by atoms with Crippen LogP contribution in [0.3, 0.4) is 0 Å². The van der Waals surface area contributed by atoms with Crippen LogP contribution in [-0.4, -0.2) is 41.5 Å². The van der Waals surface area contributed by atoms with E-state index in [4.69, 9.17) is 0 Å². The van der Waals surface area contributed by atoms with Gasteiger partial charge in [-0.25, -0.2) is 28.4 Å². The molecule has 0 bridgehead atoms. The van der Waals surface area contributed by atoms with Crippen LogP contribution in [0, 0.1) is 16.1 Å². The summed E-state index contributed by atoms with van der Waals surface area (Å²) in [6.07, 6.45) is 2.50. The quantitative estimate of drug-likeness (QED) is 0.231. The smallest absolute Gasteiger partial charge is 0.305 e. The molecular formula is C21H16F3N7O3S. The molecule has 0 aliphatic heterocycles. The lowest BCUT2D eigenvalue weighted by atomic mass is 9.92. The zero-order chi connectivity index (χ0) is 24.7. The summed E-state index contributed by atoms with van der Waals surface area (Å²) in [6.45, 7) is 0. The van der Waals surface area contributed by atoms with Gasteiger partial charge in [-0.3, -0.25) is 14.9 Å². The summed E-state index contributed by atoms with van der Waals surface area (Å²) in [7, 11) is 0. The summed E-state index contributed by atoms with van der Waals surface area (Å²) in [5.74, 6) is -3.86. The fraction of sp³-hybridized carbons (Fsp3) is 0.286. The molecule has 4 aromatic rings. The van der Waals surface area contributed by atoms with Crippen LogP contribution in [0.2, 0.25) is 0 Å². The number of carbonyl (C=O) groups excluding carboxylic acids is 1. The van der Waals surface area contributed by atoms with Gasteiger partial charge in [0.15, 0.2) is 11.5 Å². The molecule has 1 amide bonds. The molecule has 1 saturated carbocycles. The van der Waals surface area contributed by atoms with Gasteiger partial charge in [-0.2, -0.15) is 9.49 Å². The zero-order valence-electron chi connectivity index (χ0n) is 17.8. The number of thiophene rings is 1. The molecule has 180 valence electrons. The Balaban J connectivity index is 1.56. The molecule has 0 spiro atoms. The maximum atomic E-state index is 13.7. The van der Waals surface area contributed by atoms with Crippen molar-refractivity contribution in [2.45, 2.75) is 37.6 Å². The summed E-state index contributed by atoms with van der Waals surface area (Å²) in [6, 6.07) is 4.77. The zero-order valence-corrected chi connectivity index (χ0v) is 18.6. The lowest BCUT2D eigenvalue weighted by Gasteiger charge is -2.28. The van der Waals surface area contributed by atoms with Gasteiger partial charge in [0, 0.05) is 30.7 Å². The number of halogens is 3. The third-order valence-corrected chi connectivity index (χ3v) is 6.74. The minimum absolute atomic E-state index is 0.0720. The van der Waals surface area contributed by atoms with Gasteiger partial charge in [0.25, 0.3) is 5.91 Å². The highest BCUT2D eigenvalue weighted by atomic mass is 32.1. The van der Waals surface area contributed by atoms with Crippen molar-refractivity contribution < 1.29 is 22.9 Å². The number of nitro groups is 1. The van der Waals surface area contributed by atoms with Gasteiger partial charge in [-0.05, 0) is 31.0 Å². The average molecular weight is 503 g/mol. The van der Waals surface area contributed by atoms with Crippen molar-refractivity contribution in [3.05, 3.63) is 57.6 Å². The van der Waals surface area contributed by atoms with E-state index in [1.54, 1.807) is 4.68 Å². The molecule has 4 aromatic heterocycles. The number of nitrogens with one attached hydrogen (secondary N) is 1. The molecule has 0 atom stereocenters. The first-order valence-electron chi connectivity index (χ1n) is 10.5. The van der Waals surface area contributed by atoms with E-state index in [2.05, 4.69) is 25.4 Å². The number of rotatable bonds is 5. The van der Waals surface area contributed by atoms with E-state index in [1.807, 2.05) is 0 Å². The Bertz CT molecular complexity index is 1430. The van der Waals surface area contributed by atoms with E-state index in [9.17, 15) is 28.1 Å². The number of hydrogen-bond acceptors (Lipinski definition) is 8. The fourth-order valence-electron chi connectivity index (χ4n) is 3.91. The lowest BCUT2D eigenvalue weighted by molar-refractivity contribution is -0.380. The molecule has 1 aliphatic carbocycles. The predicted octanol–water partition coefficient (Wildman–Crippen LogP) is 5.00. The van der Waals surface area contributed by atoms with Crippen LogP contribution in [0.4, 0.5) is 24.0 Å². The van der Waals surface area contributed by atoms with E-state index in [1.165, 1.54) is 30.6 Å². The summed E-state index contributed by atoms with van der Waals surface area (Å²) in [4.78, 5) is 35.8. The topological polar surface area (TPSA) is 129 Å². The standard InChI is InChI=1S/C21H16F3N7O3S/c22-15-3-1-11(9-25-15)17-27-18(29-20(32)14-2-4-16(35-14)31(33)34)13-10-26-30(19(13)28-17)12-5-7-21(23,24)8-6-12/h1-4,9-10,12H,5-8H2,(H,27,28,29,32). The Morgan fingerprint density at radius 3 is 2.60 bits per heavy atom. The summed E-state index contributed by atoms with van der Waals surface area (Å²) in [5, 5.41) is 18.1. The Morgan fingerprint density at radius 1 is 1.17 bits per heavy atom. The predicted molar refractivity (Wildman–Crippen MR) is 120 cm³/mol. The van der Waals surface area contributed by atoms with Gasteiger partial charge in [0.05, 0.1) is 27.4 Å². The minimum Gasteiger partial charge on any atom is -0.305 e. The highest BCUT2D eigenvalue weighted by Gasteiger charge is 2.36. The third kappa shape index (κ3) is 4.56. The van der Waals surface area contributed by atoms with Gasteiger partial charge >= 0.3 is 5.00 Å². The summed E-state index contributed by atoms with van der Waals surface area (Å²) in [5.41, 5.74) is 0.667. The maximum Gasteiger partial charge on any atom is 0.324 e. The fourth-order valence-corrected chi connectivity index (χ4v) is 4.63. The molecule has 0 unspecified atom stereocenters. The molecule has 4 heterocycles. The minimum atomic E-state index is -2.72. The molecule has 0 radical (unpaired) electrons. The van der Waals surface area contributed by atoms with Gasteiger partial charge in [-0.1, -0.05) is 11.3 Å². The second-order valence-corrected chi connectivity index (χ2v) is 9.09. The number of anilines is 1. The van der Waals surface area contributed by atoms with Crippen molar-refractivity contribution in [2.75, 3.05) is 5.32 Å². The second-order valence-electron chi connectivity index (χ2n) is 8.03. The van der Waals surface area contributed by atoms with Crippen molar-refractivity contribution >= 4 is 39.1 Å². The first kappa shape index (κ1) is 22.8. The Labute approximate surface area is 199 Å². The van der Waals surface area contributed by atoms with Gasteiger partial charge < -0.3 is 5.32 Å². The van der Waals surface area contributed by atoms with Crippen LogP contribution in [0.15, 0.2) is 36.7 Å². The van der Waals surface area contributed by atoms with Crippen molar-refractivity contribution in [3.63, 3.8) is 0 Å². The van der Waals surface area contributed by atoms with Crippen LogP contribution >= 0.6 is 11.3 Å². The molecule has 1 fully saturated rings. The molecule has 1 aliphatic rings. The highest BCUT2D eigenvalue weighted by molar-refractivity contribution is 7.17. The van der Waals surface area contributed by atoms with Crippen LogP contribution < -0.4 is 5.32 Å². The largest absolute Gasteiger partial charge is 0.324 e. The molecule has 10 nitrogen and oxygen atoms in total. The SMILES string of the molecule is O=C(Nc1nc(-c2ccc(F)nc2)nc2c1cnn2C1CCC(F)(F)CC1)c1ccc([N+](=O)[O-])s1. The first-order chi connectivity index (χ1) is 16.7. The Morgan fingerprint density at radius 2 is 1.94 bits per heavy atom. The number of alkyl halides is 2. The third-order valence-electron chi connectivity index (χ3n) is 5.70. The van der Waals surface area contributed by atoms with Crippen LogP contribution in [0.25, 0.3) is 22.4 Å². The Kier molecular flexibility index (Phi) is 5.67.